The van der Waals surface area contributed by atoms with Crippen molar-refractivity contribution in [3.05, 3.63) is 59.4 Å². The number of carbonyl (C=O) groups is 1. The van der Waals surface area contributed by atoms with Crippen LogP contribution in [-0.4, -0.2) is 23.1 Å². The van der Waals surface area contributed by atoms with Gasteiger partial charge in [0, 0.05) is 29.6 Å². The Bertz CT molecular complexity index is 1020. The highest BCUT2D eigenvalue weighted by Gasteiger charge is 2.35. The van der Waals surface area contributed by atoms with E-state index in [2.05, 4.69) is 16.4 Å². The highest BCUT2D eigenvalue weighted by Crippen LogP contribution is 2.31. The molecule has 1 fully saturated rings. The molecule has 2 heterocycles. The smallest absolute Gasteiger partial charge is 0.252 e. The molecule has 2 aromatic carbocycles. The number of nitrogens with one attached hydrogen (secondary N) is 2. The van der Waals surface area contributed by atoms with Crippen LogP contribution in [0.15, 0.2) is 42.5 Å². The molecule has 1 atom stereocenters. The molecule has 5 heteroatoms. The number of benzene rings is 2. The van der Waals surface area contributed by atoms with E-state index >= 15 is 0 Å². The van der Waals surface area contributed by atoms with E-state index in [4.69, 9.17) is 4.74 Å². The normalized spacial score (nSPS) is 19.7. The van der Waals surface area contributed by atoms with E-state index in [-0.39, 0.29) is 11.7 Å². The maximum atomic E-state index is 14.2. The first-order valence-electron chi connectivity index (χ1n) is 9.76. The van der Waals surface area contributed by atoms with Crippen molar-refractivity contribution in [1.29, 1.82) is 0 Å². The van der Waals surface area contributed by atoms with E-state index in [0.717, 1.165) is 47.0 Å². The Kier molecular flexibility index (Phi) is 4.94. The zero-order valence-corrected chi connectivity index (χ0v) is 16.3. The summed E-state index contributed by atoms with van der Waals surface area (Å²) < 4.78 is 19.9. The molecule has 0 spiro atoms. The summed E-state index contributed by atoms with van der Waals surface area (Å²) in [6.45, 7) is 4.92. The average Bonchev–Trinajstić information content (AvgIpc) is 3.03. The van der Waals surface area contributed by atoms with Crippen molar-refractivity contribution in [2.24, 2.45) is 0 Å². The molecule has 0 radical (unpaired) electrons. The van der Waals surface area contributed by atoms with Crippen molar-refractivity contribution in [2.75, 3.05) is 6.61 Å². The van der Waals surface area contributed by atoms with Crippen molar-refractivity contribution in [2.45, 2.75) is 45.3 Å². The summed E-state index contributed by atoms with van der Waals surface area (Å²) in [4.78, 5) is 15.9. The van der Waals surface area contributed by atoms with Gasteiger partial charge in [0.1, 0.15) is 11.4 Å². The predicted molar refractivity (Wildman–Crippen MR) is 108 cm³/mol. The van der Waals surface area contributed by atoms with Crippen molar-refractivity contribution in [3.63, 3.8) is 0 Å². The molecule has 1 unspecified atom stereocenters. The minimum Gasteiger partial charge on any atom is -0.365 e. The molecular formula is C23H25FN2O2. The zero-order valence-electron chi connectivity index (χ0n) is 16.3. The van der Waals surface area contributed by atoms with Crippen LogP contribution in [0.25, 0.3) is 22.2 Å². The third-order valence-corrected chi connectivity index (χ3v) is 5.67. The van der Waals surface area contributed by atoms with Crippen molar-refractivity contribution < 1.29 is 13.9 Å². The van der Waals surface area contributed by atoms with Crippen LogP contribution in [0.1, 0.15) is 37.3 Å². The number of fused-ring (bicyclic) bond motifs is 1. The van der Waals surface area contributed by atoms with Crippen molar-refractivity contribution in [3.8, 4) is 11.3 Å². The number of aromatic nitrogens is 1. The molecule has 1 aliphatic rings. The molecule has 0 saturated carbocycles. The van der Waals surface area contributed by atoms with Gasteiger partial charge in [0.25, 0.3) is 5.91 Å². The largest absolute Gasteiger partial charge is 0.365 e. The lowest BCUT2D eigenvalue weighted by Crippen LogP contribution is -2.48. The van der Waals surface area contributed by atoms with Crippen LogP contribution < -0.4 is 5.32 Å². The van der Waals surface area contributed by atoms with Gasteiger partial charge in [-0.2, -0.15) is 0 Å². The molecule has 1 saturated heterocycles. The van der Waals surface area contributed by atoms with Gasteiger partial charge in [-0.1, -0.05) is 18.2 Å². The number of hydrogen-bond donors (Lipinski definition) is 2. The number of hydrogen-bond acceptors (Lipinski definition) is 2. The summed E-state index contributed by atoms with van der Waals surface area (Å²) >= 11 is 0. The first-order valence-corrected chi connectivity index (χ1v) is 9.76. The molecule has 1 amide bonds. The minimum absolute atomic E-state index is 0.0647. The number of amides is 1. The third kappa shape index (κ3) is 3.42. The SMILES string of the molecule is Cc1c(-c2ccccc2F)[nH]c2ccc(CNC(=O)C3(C)CCCCO3)cc12. The Labute approximate surface area is 164 Å². The van der Waals surface area contributed by atoms with Crippen LogP contribution >= 0.6 is 0 Å². The summed E-state index contributed by atoms with van der Waals surface area (Å²) in [5.74, 6) is -0.310. The van der Waals surface area contributed by atoms with Gasteiger partial charge in [0.05, 0.1) is 5.69 Å². The topological polar surface area (TPSA) is 54.1 Å². The summed E-state index contributed by atoms with van der Waals surface area (Å²) in [6, 6.07) is 12.8. The van der Waals surface area contributed by atoms with E-state index < -0.39 is 5.60 Å². The van der Waals surface area contributed by atoms with Crippen LogP contribution in [0.2, 0.25) is 0 Å². The van der Waals surface area contributed by atoms with Gasteiger partial charge in [-0.25, -0.2) is 4.39 Å². The van der Waals surface area contributed by atoms with Gasteiger partial charge >= 0.3 is 0 Å². The molecule has 1 aromatic heterocycles. The summed E-state index contributed by atoms with van der Waals surface area (Å²) in [6.07, 6.45) is 2.77. The molecule has 28 heavy (non-hydrogen) atoms. The molecule has 3 aromatic rings. The quantitative estimate of drug-likeness (QED) is 0.679. The molecule has 4 nitrogen and oxygen atoms in total. The first-order chi connectivity index (χ1) is 13.5. The van der Waals surface area contributed by atoms with E-state index in [9.17, 15) is 9.18 Å². The number of aryl methyl sites for hydroxylation is 1. The highest BCUT2D eigenvalue weighted by atomic mass is 19.1. The van der Waals surface area contributed by atoms with Gasteiger partial charge < -0.3 is 15.0 Å². The second kappa shape index (κ2) is 7.40. The lowest BCUT2D eigenvalue weighted by molar-refractivity contribution is -0.150. The molecular weight excluding hydrogens is 355 g/mol. The number of halogens is 1. The summed E-state index contributed by atoms with van der Waals surface area (Å²) in [5.41, 5.74) is 3.57. The van der Waals surface area contributed by atoms with Gasteiger partial charge in [-0.15, -0.1) is 0 Å². The molecule has 0 aliphatic carbocycles. The lowest BCUT2D eigenvalue weighted by Gasteiger charge is -2.32. The van der Waals surface area contributed by atoms with Crippen LogP contribution in [0.4, 0.5) is 4.39 Å². The zero-order chi connectivity index (χ0) is 19.7. The van der Waals surface area contributed by atoms with E-state index in [0.29, 0.717) is 18.7 Å². The van der Waals surface area contributed by atoms with Crippen molar-refractivity contribution >= 4 is 16.8 Å². The summed E-state index contributed by atoms with van der Waals surface area (Å²) in [5, 5.41) is 4.04. The van der Waals surface area contributed by atoms with E-state index in [1.807, 2.05) is 32.0 Å². The van der Waals surface area contributed by atoms with Gasteiger partial charge in [0.2, 0.25) is 0 Å². The number of aromatic amines is 1. The number of rotatable bonds is 4. The molecule has 146 valence electrons. The number of H-pyrrole nitrogens is 1. The van der Waals surface area contributed by atoms with Crippen molar-refractivity contribution in [1.82, 2.24) is 10.3 Å². The maximum Gasteiger partial charge on any atom is 0.252 e. The van der Waals surface area contributed by atoms with E-state index in [1.54, 1.807) is 12.1 Å². The molecule has 1 aliphatic heterocycles. The first kappa shape index (κ1) is 18.7. The van der Waals surface area contributed by atoms with Gasteiger partial charge in [-0.05, 0) is 68.5 Å². The van der Waals surface area contributed by atoms with Gasteiger partial charge in [-0.3, -0.25) is 4.79 Å². The monoisotopic (exact) mass is 380 g/mol. The third-order valence-electron chi connectivity index (χ3n) is 5.67. The highest BCUT2D eigenvalue weighted by molar-refractivity contribution is 5.91. The Morgan fingerprint density at radius 1 is 1.25 bits per heavy atom. The standard InChI is InChI=1S/C23H25FN2O2/c1-15-18-13-16(14-25-22(27)23(2)11-5-6-12-28-23)9-10-20(18)26-21(15)17-7-3-4-8-19(17)24/h3-4,7-10,13,26H,5-6,11-12,14H2,1-2H3,(H,25,27). The van der Waals surface area contributed by atoms with Gasteiger partial charge in [0.15, 0.2) is 0 Å². The predicted octanol–water partition coefficient (Wildman–Crippen LogP) is 4.86. The Morgan fingerprint density at radius 2 is 2.07 bits per heavy atom. The molecule has 2 N–H and O–H groups in total. The minimum atomic E-state index is -0.732. The van der Waals surface area contributed by atoms with Crippen LogP contribution in [0, 0.1) is 12.7 Å². The number of ether oxygens (including phenoxy) is 1. The van der Waals surface area contributed by atoms with Crippen LogP contribution in [0.3, 0.4) is 0 Å². The lowest BCUT2D eigenvalue weighted by atomic mass is 9.95. The second-order valence-electron chi connectivity index (χ2n) is 7.70. The molecule has 0 bridgehead atoms. The van der Waals surface area contributed by atoms with Crippen LogP contribution in [0.5, 0.6) is 0 Å². The fraction of sp³-hybridized carbons (Fsp3) is 0.348. The van der Waals surface area contributed by atoms with E-state index in [1.165, 1.54) is 6.07 Å². The average molecular weight is 380 g/mol. The fourth-order valence-corrected chi connectivity index (χ4v) is 3.90. The Balaban J connectivity index is 1.56. The Hall–Kier alpha value is -2.66. The molecule has 4 rings (SSSR count). The number of carbonyl (C=O) groups excluding carboxylic acids is 1. The second-order valence-corrected chi connectivity index (χ2v) is 7.70. The fourth-order valence-electron chi connectivity index (χ4n) is 3.90. The maximum absolute atomic E-state index is 14.2. The Morgan fingerprint density at radius 3 is 2.82 bits per heavy atom. The van der Waals surface area contributed by atoms with Crippen LogP contribution in [-0.2, 0) is 16.1 Å². The summed E-state index contributed by atoms with van der Waals surface area (Å²) in [7, 11) is 0.